The monoisotopic (exact) mass is 213 g/mol. The average molecular weight is 213 g/mol. The second kappa shape index (κ2) is 3.51. The zero-order valence-corrected chi connectivity index (χ0v) is 9.76. The molecule has 1 amide bonds. The van der Waals surface area contributed by atoms with Gasteiger partial charge in [0.15, 0.2) is 0 Å². The van der Waals surface area contributed by atoms with E-state index in [2.05, 4.69) is 33.0 Å². The fraction of sp³-hybridized carbons (Fsp3) is 0.818. The lowest BCUT2D eigenvalue weighted by Gasteiger charge is -2.04. The summed E-state index contributed by atoms with van der Waals surface area (Å²) in [6.45, 7) is 9.25. The Morgan fingerprint density at radius 2 is 1.67 bits per heavy atom. The third kappa shape index (κ3) is 2.13. The van der Waals surface area contributed by atoms with Gasteiger partial charge in [-0.05, 0) is 16.7 Å². The Kier molecular flexibility index (Phi) is 2.81. The molecule has 0 saturated heterocycles. The Morgan fingerprint density at radius 3 is 2.00 bits per heavy atom. The van der Waals surface area contributed by atoms with E-state index in [-0.39, 0.29) is 10.8 Å². The van der Waals surface area contributed by atoms with Crippen LogP contribution in [0, 0.1) is 16.7 Å². The summed E-state index contributed by atoms with van der Waals surface area (Å²) in [5, 5.41) is 11.1. The van der Waals surface area contributed by atoms with Crippen LogP contribution in [0.15, 0.2) is 0 Å². The molecular formula is C11H19NO3. The molecule has 0 aromatic carbocycles. The molecule has 4 heteroatoms. The summed E-state index contributed by atoms with van der Waals surface area (Å²) >= 11 is 0. The fourth-order valence-electron chi connectivity index (χ4n) is 2.26. The van der Waals surface area contributed by atoms with Gasteiger partial charge in [-0.3, -0.25) is 9.59 Å². The Hall–Kier alpha value is -1.06. The predicted octanol–water partition coefficient (Wildman–Crippen LogP) is 1.26. The number of nitrogens with one attached hydrogen (secondary N) is 1. The first-order chi connectivity index (χ1) is 6.69. The van der Waals surface area contributed by atoms with E-state index in [9.17, 15) is 9.59 Å². The Morgan fingerprint density at radius 1 is 1.20 bits per heavy atom. The van der Waals surface area contributed by atoms with E-state index >= 15 is 0 Å². The van der Waals surface area contributed by atoms with Crippen molar-refractivity contribution in [3.63, 3.8) is 0 Å². The molecule has 2 N–H and O–H groups in total. The molecular weight excluding hydrogens is 194 g/mol. The lowest BCUT2D eigenvalue weighted by molar-refractivity contribution is -0.140. The molecule has 0 unspecified atom stereocenters. The van der Waals surface area contributed by atoms with Gasteiger partial charge in [-0.15, -0.1) is 0 Å². The van der Waals surface area contributed by atoms with Gasteiger partial charge in [-0.1, -0.05) is 27.7 Å². The van der Waals surface area contributed by atoms with Gasteiger partial charge in [0.25, 0.3) is 0 Å². The first-order valence-corrected chi connectivity index (χ1v) is 5.18. The summed E-state index contributed by atoms with van der Waals surface area (Å²) in [6, 6.07) is 0. The average Bonchev–Trinajstić information content (AvgIpc) is 2.38. The second-order valence-electron chi connectivity index (χ2n) is 5.37. The number of carboxylic acids is 1. The first-order valence-electron chi connectivity index (χ1n) is 5.18. The molecule has 1 aliphatic carbocycles. The van der Waals surface area contributed by atoms with Gasteiger partial charge in [0.05, 0.1) is 0 Å². The summed E-state index contributed by atoms with van der Waals surface area (Å²) in [6.07, 6.45) is -0.437. The van der Waals surface area contributed by atoms with Crippen LogP contribution in [0.4, 0.5) is 0 Å². The number of carboxylic acid groups (broad SMARTS) is 1. The molecule has 1 fully saturated rings. The van der Waals surface area contributed by atoms with Gasteiger partial charge in [-0.25, -0.2) is 0 Å². The number of amides is 1. The van der Waals surface area contributed by atoms with Crippen LogP contribution >= 0.6 is 0 Å². The minimum atomic E-state index is -1.08. The summed E-state index contributed by atoms with van der Waals surface area (Å²) in [5.41, 5.74) is 0.451. The Bertz CT molecular complexity index is 280. The summed E-state index contributed by atoms with van der Waals surface area (Å²) < 4.78 is 0. The van der Waals surface area contributed by atoms with Crippen molar-refractivity contribution < 1.29 is 14.7 Å². The Balaban J connectivity index is 2.35. The van der Waals surface area contributed by atoms with E-state index in [4.69, 9.17) is 5.11 Å². The second-order valence-corrected chi connectivity index (χ2v) is 5.37. The van der Waals surface area contributed by atoms with E-state index in [0.717, 1.165) is 0 Å². The number of carbonyl (C=O) groups excluding carboxylic acids is 1. The van der Waals surface area contributed by atoms with Crippen LogP contribution in [0.3, 0.4) is 0 Å². The highest BCUT2D eigenvalue weighted by atomic mass is 16.4. The normalized spacial score (nSPS) is 22.1. The van der Waals surface area contributed by atoms with Crippen molar-refractivity contribution in [1.29, 1.82) is 0 Å². The van der Waals surface area contributed by atoms with E-state index in [1.165, 1.54) is 0 Å². The van der Waals surface area contributed by atoms with E-state index in [1.807, 2.05) is 0 Å². The van der Waals surface area contributed by atoms with Crippen molar-refractivity contribution in [2.75, 3.05) is 6.54 Å². The highest BCUT2D eigenvalue weighted by molar-refractivity contribution is 5.93. The number of carbonyl (C=O) groups is 2. The lowest BCUT2D eigenvalue weighted by atomic mass is 10.0. The molecule has 0 bridgehead atoms. The quantitative estimate of drug-likeness (QED) is 0.691. The van der Waals surface area contributed by atoms with E-state index < -0.39 is 18.3 Å². The topological polar surface area (TPSA) is 66.4 Å². The van der Waals surface area contributed by atoms with Crippen molar-refractivity contribution in [2.24, 2.45) is 16.7 Å². The Labute approximate surface area is 90.0 Å². The largest absolute Gasteiger partial charge is 0.481 e. The fourth-order valence-corrected chi connectivity index (χ4v) is 2.26. The van der Waals surface area contributed by atoms with Crippen LogP contribution in [-0.2, 0) is 9.59 Å². The van der Waals surface area contributed by atoms with Crippen molar-refractivity contribution in [3.05, 3.63) is 0 Å². The van der Waals surface area contributed by atoms with Gasteiger partial charge in [0.2, 0.25) is 5.91 Å². The molecule has 0 radical (unpaired) electrons. The number of hydrogen-bond acceptors (Lipinski definition) is 2. The molecule has 1 rings (SSSR count). The summed E-state index contributed by atoms with van der Waals surface area (Å²) in [5.74, 6) is -1.05. The SMILES string of the molecule is CC1(C)C(CNC(=O)CC(=O)O)C1(C)C. The zero-order valence-electron chi connectivity index (χ0n) is 9.76. The van der Waals surface area contributed by atoms with Gasteiger partial charge in [0.1, 0.15) is 6.42 Å². The van der Waals surface area contributed by atoms with Crippen LogP contribution in [0.5, 0.6) is 0 Å². The summed E-state index contributed by atoms with van der Waals surface area (Å²) in [7, 11) is 0. The van der Waals surface area contributed by atoms with Gasteiger partial charge >= 0.3 is 5.97 Å². The molecule has 0 aromatic heterocycles. The van der Waals surface area contributed by atoms with Crippen LogP contribution in [0.25, 0.3) is 0 Å². The molecule has 1 saturated carbocycles. The van der Waals surface area contributed by atoms with Crippen LogP contribution < -0.4 is 5.32 Å². The minimum Gasteiger partial charge on any atom is -0.481 e. The summed E-state index contributed by atoms with van der Waals surface area (Å²) in [4.78, 5) is 21.4. The standard InChI is InChI=1S/C11H19NO3/c1-10(2)7(11(10,3)4)6-12-8(13)5-9(14)15/h7H,5-6H2,1-4H3,(H,12,13)(H,14,15). The van der Waals surface area contributed by atoms with E-state index in [1.54, 1.807) is 0 Å². The van der Waals surface area contributed by atoms with Crippen LogP contribution in [0.2, 0.25) is 0 Å². The van der Waals surface area contributed by atoms with Crippen LogP contribution in [0.1, 0.15) is 34.1 Å². The molecule has 0 spiro atoms. The molecule has 0 atom stereocenters. The maximum absolute atomic E-state index is 11.1. The van der Waals surface area contributed by atoms with Gasteiger partial charge < -0.3 is 10.4 Å². The van der Waals surface area contributed by atoms with Crippen molar-refractivity contribution in [3.8, 4) is 0 Å². The van der Waals surface area contributed by atoms with Crippen molar-refractivity contribution in [2.45, 2.75) is 34.1 Å². The molecule has 0 heterocycles. The molecule has 86 valence electrons. The van der Waals surface area contributed by atoms with Crippen molar-refractivity contribution >= 4 is 11.9 Å². The smallest absolute Gasteiger partial charge is 0.312 e. The van der Waals surface area contributed by atoms with Gasteiger partial charge in [-0.2, -0.15) is 0 Å². The first kappa shape index (κ1) is 12.0. The zero-order chi connectivity index (χ0) is 11.9. The maximum atomic E-state index is 11.1. The number of aliphatic carboxylic acids is 1. The minimum absolute atomic E-state index is 0.226. The molecule has 0 aromatic rings. The maximum Gasteiger partial charge on any atom is 0.312 e. The van der Waals surface area contributed by atoms with Crippen LogP contribution in [-0.4, -0.2) is 23.5 Å². The number of rotatable bonds is 4. The third-order valence-corrected chi connectivity index (χ3v) is 4.13. The molecule has 15 heavy (non-hydrogen) atoms. The van der Waals surface area contributed by atoms with Crippen molar-refractivity contribution in [1.82, 2.24) is 5.32 Å². The molecule has 1 aliphatic rings. The lowest BCUT2D eigenvalue weighted by Crippen LogP contribution is -2.28. The van der Waals surface area contributed by atoms with Gasteiger partial charge in [0, 0.05) is 6.54 Å². The highest BCUT2D eigenvalue weighted by Crippen LogP contribution is 2.67. The predicted molar refractivity (Wildman–Crippen MR) is 56.3 cm³/mol. The third-order valence-electron chi connectivity index (χ3n) is 4.13. The highest BCUT2D eigenvalue weighted by Gasteiger charge is 2.64. The van der Waals surface area contributed by atoms with E-state index in [0.29, 0.717) is 12.5 Å². The number of hydrogen-bond donors (Lipinski definition) is 2. The molecule has 4 nitrogen and oxygen atoms in total. The molecule has 0 aliphatic heterocycles.